The molecule has 2 aliphatic heterocycles. The number of carbonyl (C=O) groups excluding carboxylic acids is 2. The average Bonchev–Trinajstić information content (AvgIpc) is 2.98. The van der Waals surface area contributed by atoms with Crippen molar-refractivity contribution in [3.63, 3.8) is 0 Å². The van der Waals surface area contributed by atoms with Gasteiger partial charge in [-0.25, -0.2) is 0 Å². The molecule has 1 aromatic rings. The average molecular weight is 443 g/mol. The van der Waals surface area contributed by atoms with Crippen LogP contribution < -0.4 is 5.32 Å². The molecular weight excluding hydrogens is 400 g/mol. The highest BCUT2D eigenvalue weighted by Crippen LogP contribution is 2.23. The second-order valence-corrected chi connectivity index (χ2v) is 10.6. The minimum Gasteiger partial charge on any atom is -0.350 e. The van der Waals surface area contributed by atoms with Gasteiger partial charge in [0, 0.05) is 38.3 Å². The minimum atomic E-state index is -0.204. The molecule has 32 heavy (non-hydrogen) atoms. The number of amides is 2. The Morgan fingerprint density at radius 1 is 1.00 bits per heavy atom. The number of piperidine rings is 1. The van der Waals surface area contributed by atoms with Crippen LogP contribution in [0.15, 0.2) is 30.3 Å². The highest BCUT2D eigenvalue weighted by Gasteiger charge is 2.30. The van der Waals surface area contributed by atoms with Gasteiger partial charge in [0.25, 0.3) is 0 Å². The van der Waals surface area contributed by atoms with E-state index >= 15 is 0 Å². The maximum Gasteiger partial charge on any atom is 0.239 e. The fraction of sp³-hybridized carbons (Fsp3) is 0.692. The molecule has 0 spiro atoms. The van der Waals surface area contributed by atoms with Gasteiger partial charge in [0.05, 0.1) is 12.6 Å². The summed E-state index contributed by atoms with van der Waals surface area (Å²) in [5.41, 5.74) is 1.20. The highest BCUT2D eigenvalue weighted by atomic mass is 16.2. The number of hydrogen-bond acceptors (Lipinski definition) is 4. The van der Waals surface area contributed by atoms with E-state index in [1.54, 1.807) is 0 Å². The molecule has 1 N–H and O–H groups in total. The summed E-state index contributed by atoms with van der Waals surface area (Å²) in [5, 5.41) is 3.05. The number of nitrogens with one attached hydrogen (secondary N) is 1. The van der Waals surface area contributed by atoms with Crippen molar-refractivity contribution in [1.29, 1.82) is 0 Å². The van der Waals surface area contributed by atoms with E-state index in [9.17, 15) is 9.59 Å². The van der Waals surface area contributed by atoms with Crippen LogP contribution in [0.5, 0.6) is 0 Å². The van der Waals surface area contributed by atoms with E-state index in [1.807, 2.05) is 20.8 Å². The second kappa shape index (κ2) is 11.3. The van der Waals surface area contributed by atoms with Crippen molar-refractivity contribution in [3.8, 4) is 0 Å². The van der Waals surface area contributed by atoms with Crippen LogP contribution in [0.2, 0.25) is 0 Å². The van der Waals surface area contributed by atoms with Crippen molar-refractivity contribution in [1.82, 2.24) is 20.0 Å². The summed E-state index contributed by atoms with van der Waals surface area (Å²) in [5.74, 6) is 1.01. The fourth-order valence-electron chi connectivity index (χ4n) is 4.92. The van der Waals surface area contributed by atoms with Crippen LogP contribution in [-0.4, -0.2) is 83.9 Å². The fourth-order valence-corrected chi connectivity index (χ4v) is 4.92. The molecule has 2 aliphatic rings. The molecule has 2 heterocycles. The van der Waals surface area contributed by atoms with Gasteiger partial charge < -0.3 is 10.2 Å². The first-order valence-corrected chi connectivity index (χ1v) is 12.3. The summed E-state index contributed by atoms with van der Waals surface area (Å²) in [7, 11) is 0. The van der Waals surface area contributed by atoms with Gasteiger partial charge in [-0.3, -0.25) is 19.4 Å². The van der Waals surface area contributed by atoms with Crippen molar-refractivity contribution >= 4 is 11.8 Å². The number of likely N-dealkylation sites (tertiary alicyclic amines) is 1. The Balaban J connectivity index is 1.43. The van der Waals surface area contributed by atoms with Gasteiger partial charge in [0.1, 0.15) is 0 Å². The molecule has 0 bridgehead atoms. The molecule has 0 saturated carbocycles. The monoisotopic (exact) mass is 442 g/mol. The van der Waals surface area contributed by atoms with Crippen molar-refractivity contribution in [2.24, 2.45) is 5.92 Å². The normalized spacial score (nSPS) is 20.6. The molecule has 1 aromatic carbocycles. The van der Waals surface area contributed by atoms with Crippen LogP contribution in [0.3, 0.4) is 0 Å². The van der Waals surface area contributed by atoms with Gasteiger partial charge in [-0.1, -0.05) is 30.3 Å². The summed E-state index contributed by atoms with van der Waals surface area (Å²) >= 11 is 0. The SMILES string of the molecule is CC(C(=O)N1CCC(Cc2ccccc2)CC1)N1CCCN(CC(=O)NC(C)(C)C)CC1. The largest absolute Gasteiger partial charge is 0.350 e. The Labute approximate surface area is 194 Å². The predicted molar refractivity (Wildman–Crippen MR) is 129 cm³/mol. The number of hydrogen-bond donors (Lipinski definition) is 1. The molecule has 0 aliphatic carbocycles. The number of nitrogens with zero attached hydrogens (tertiary/aromatic N) is 3. The molecule has 2 amide bonds. The third kappa shape index (κ3) is 7.59. The van der Waals surface area contributed by atoms with E-state index in [0.717, 1.165) is 65.0 Å². The third-order valence-electron chi connectivity index (χ3n) is 6.70. The molecule has 2 fully saturated rings. The summed E-state index contributed by atoms with van der Waals surface area (Å²) in [6.45, 7) is 13.7. The van der Waals surface area contributed by atoms with E-state index < -0.39 is 0 Å². The first kappa shape index (κ1) is 24.7. The van der Waals surface area contributed by atoms with E-state index in [2.05, 4.69) is 57.3 Å². The van der Waals surface area contributed by atoms with Crippen molar-refractivity contribution < 1.29 is 9.59 Å². The summed E-state index contributed by atoms with van der Waals surface area (Å²) in [6, 6.07) is 10.6. The molecule has 2 saturated heterocycles. The summed E-state index contributed by atoms with van der Waals surface area (Å²) < 4.78 is 0. The van der Waals surface area contributed by atoms with Crippen LogP contribution in [0, 0.1) is 5.92 Å². The van der Waals surface area contributed by atoms with Gasteiger partial charge in [-0.2, -0.15) is 0 Å². The molecule has 0 radical (unpaired) electrons. The quantitative estimate of drug-likeness (QED) is 0.736. The van der Waals surface area contributed by atoms with E-state index in [0.29, 0.717) is 12.5 Å². The zero-order chi connectivity index (χ0) is 23.1. The first-order chi connectivity index (χ1) is 15.2. The van der Waals surface area contributed by atoms with Gasteiger partial charge in [-0.05, 0) is 71.4 Å². The van der Waals surface area contributed by atoms with Crippen LogP contribution in [0.25, 0.3) is 0 Å². The Hall–Kier alpha value is -1.92. The zero-order valence-corrected chi connectivity index (χ0v) is 20.5. The number of carbonyl (C=O) groups is 2. The highest BCUT2D eigenvalue weighted by molar-refractivity contribution is 5.81. The second-order valence-electron chi connectivity index (χ2n) is 10.6. The Kier molecular flexibility index (Phi) is 8.72. The van der Waals surface area contributed by atoms with E-state index in [1.165, 1.54) is 5.56 Å². The lowest BCUT2D eigenvalue weighted by Crippen LogP contribution is -2.50. The Morgan fingerprint density at radius 2 is 1.69 bits per heavy atom. The maximum absolute atomic E-state index is 13.2. The van der Waals surface area contributed by atoms with Crippen LogP contribution >= 0.6 is 0 Å². The smallest absolute Gasteiger partial charge is 0.239 e. The maximum atomic E-state index is 13.2. The van der Waals surface area contributed by atoms with Crippen LogP contribution in [0.1, 0.15) is 52.5 Å². The number of rotatable bonds is 6. The van der Waals surface area contributed by atoms with Crippen molar-refractivity contribution in [2.45, 2.75) is 65.0 Å². The predicted octanol–water partition coefficient (Wildman–Crippen LogP) is 2.78. The molecular formula is C26H42N4O2. The van der Waals surface area contributed by atoms with Crippen molar-refractivity contribution in [2.75, 3.05) is 45.8 Å². The molecule has 178 valence electrons. The van der Waals surface area contributed by atoms with Gasteiger partial charge in [0.15, 0.2) is 0 Å². The number of benzene rings is 1. The lowest BCUT2D eigenvalue weighted by atomic mass is 9.90. The zero-order valence-electron chi connectivity index (χ0n) is 20.5. The molecule has 1 unspecified atom stereocenters. The molecule has 6 heteroatoms. The lowest BCUT2D eigenvalue weighted by molar-refractivity contribution is -0.137. The standard InChI is InChI=1S/C26H42N4O2/c1-21(29-14-8-13-28(17-18-29)20-24(31)27-26(2,3)4)25(32)30-15-11-23(12-16-30)19-22-9-6-5-7-10-22/h5-7,9-10,21,23H,8,11-20H2,1-4H3,(H,27,31). The molecule has 6 nitrogen and oxygen atoms in total. The van der Waals surface area contributed by atoms with Gasteiger partial charge in [-0.15, -0.1) is 0 Å². The topological polar surface area (TPSA) is 55.9 Å². The van der Waals surface area contributed by atoms with E-state index in [-0.39, 0.29) is 23.4 Å². The summed E-state index contributed by atoms with van der Waals surface area (Å²) in [6.07, 6.45) is 4.27. The van der Waals surface area contributed by atoms with Gasteiger partial charge in [0.2, 0.25) is 11.8 Å². The van der Waals surface area contributed by atoms with Crippen LogP contribution in [0.4, 0.5) is 0 Å². The van der Waals surface area contributed by atoms with Gasteiger partial charge >= 0.3 is 0 Å². The molecule has 0 aromatic heterocycles. The summed E-state index contributed by atoms with van der Waals surface area (Å²) in [4.78, 5) is 32.1. The first-order valence-electron chi connectivity index (χ1n) is 12.3. The Bertz CT molecular complexity index is 738. The Morgan fingerprint density at radius 3 is 2.34 bits per heavy atom. The molecule has 1 atom stereocenters. The van der Waals surface area contributed by atoms with E-state index in [4.69, 9.17) is 0 Å². The minimum absolute atomic E-state index is 0.0773. The molecule has 3 rings (SSSR count). The van der Waals surface area contributed by atoms with Crippen LogP contribution in [-0.2, 0) is 16.0 Å². The van der Waals surface area contributed by atoms with Crippen molar-refractivity contribution in [3.05, 3.63) is 35.9 Å². The third-order valence-corrected chi connectivity index (χ3v) is 6.70. The lowest BCUT2D eigenvalue weighted by Gasteiger charge is -2.36.